The van der Waals surface area contributed by atoms with E-state index in [-0.39, 0.29) is 12.8 Å². The van der Waals surface area contributed by atoms with E-state index in [1.54, 1.807) is 30.3 Å². The third-order valence-electron chi connectivity index (χ3n) is 2.30. The number of rotatable bonds is 3. The molecule has 1 N–H and O–H groups in total. The van der Waals surface area contributed by atoms with Crippen molar-refractivity contribution in [1.82, 2.24) is 5.06 Å². The maximum atomic E-state index is 11.2. The van der Waals surface area contributed by atoms with Gasteiger partial charge in [-0.15, -0.1) is 6.58 Å². The normalized spacial score (nSPS) is 13.8. The van der Waals surface area contributed by atoms with Crippen LogP contribution in [-0.4, -0.2) is 29.0 Å². The highest BCUT2D eigenvalue weighted by Crippen LogP contribution is 2.12. The van der Waals surface area contributed by atoms with Gasteiger partial charge in [-0.25, -0.2) is 0 Å². The lowest BCUT2D eigenvalue weighted by molar-refractivity contribution is -0.167. The molecule has 0 atom stereocenters. The van der Waals surface area contributed by atoms with Crippen LogP contribution in [0.2, 0.25) is 0 Å². The van der Waals surface area contributed by atoms with E-state index in [4.69, 9.17) is 4.76 Å². The van der Waals surface area contributed by atoms with Crippen LogP contribution in [0.15, 0.2) is 42.5 Å². The Kier molecular flexibility index (Phi) is 6.15. The van der Waals surface area contributed by atoms with Crippen LogP contribution >= 0.6 is 0 Å². The molecule has 1 aliphatic rings. The first-order chi connectivity index (χ1) is 9.41. The number of nitrogens with zero attached hydrogens (tertiary/aromatic N) is 1. The van der Waals surface area contributed by atoms with Crippen LogP contribution in [-0.2, 0) is 14.3 Å². The van der Waals surface area contributed by atoms with Crippen molar-refractivity contribution in [1.29, 1.82) is 0 Å². The molecule has 1 saturated heterocycles. The van der Waals surface area contributed by atoms with Crippen LogP contribution in [0, 0.1) is 0 Å². The lowest BCUT2D eigenvalue weighted by Crippen LogP contribution is -2.43. The molecule has 20 heavy (non-hydrogen) atoms. The van der Waals surface area contributed by atoms with Gasteiger partial charge < -0.3 is 5.02 Å². The van der Waals surface area contributed by atoms with Crippen molar-refractivity contribution in [2.45, 2.75) is 26.7 Å². The SMILES string of the molecule is C=C(C)C.O=C1CCC(=O)N1OB(O)c1ccccc1. The first kappa shape index (κ1) is 16.1. The molecule has 2 amide bonds. The Labute approximate surface area is 118 Å². The first-order valence-electron chi connectivity index (χ1n) is 6.29. The summed E-state index contributed by atoms with van der Waals surface area (Å²) >= 11 is 0. The Morgan fingerprint density at radius 3 is 2.10 bits per heavy atom. The van der Waals surface area contributed by atoms with Crippen molar-refractivity contribution in [3.63, 3.8) is 0 Å². The van der Waals surface area contributed by atoms with Gasteiger partial charge in [-0.1, -0.05) is 35.9 Å². The molecule has 0 spiro atoms. The first-order valence-corrected chi connectivity index (χ1v) is 6.29. The van der Waals surface area contributed by atoms with Crippen LogP contribution in [0.1, 0.15) is 26.7 Å². The molecule has 0 aromatic heterocycles. The summed E-state index contributed by atoms with van der Waals surface area (Å²) in [6, 6.07) is 8.55. The molecule has 1 aromatic carbocycles. The molecule has 0 radical (unpaired) electrons. The molecular formula is C14H18BNO4. The molecule has 1 heterocycles. The molecule has 6 heteroatoms. The van der Waals surface area contributed by atoms with E-state index in [9.17, 15) is 14.6 Å². The van der Waals surface area contributed by atoms with Gasteiger partial charge in [0.2, 0.25) is 0 Å². The van der Waals surface area contributed by atoms with Crippen LogP contribution in [0.4, 0.5) is 0 Å². The predicted molar refractivity (Wildman–Crippen MR) is 76.7 cm³/mol. The summed E-state index contributed by atoms with van der Waals surface area (Å²) in [7, 11) is -1.30. The highest BCUT2D eigenvalue weighted by Gasteiger charge is 2.34. The van der Waals surface area contributed by atoms with E-state index in [1.165, 1.54) is 5.57 Å². The number of amides is 2. The maximum Gasteiger partial charge on any atom is 0.515 e. The van der Waals surface area contributed by atoms with E-state index in [0.29, 0.717) is 10.5 Å². The molecule has 2 rings (SSSR count). The van der Waals surface area contributed by atoms with Gasteiger partial charge in [0, 0.05) is 12.8 Å². The van der Waals surface area contributed by atoms with Gasteiger partial charge in [0.25, 0.3) is 11.8 Å². The Morgan fingerprint density at radius 1 is 1.20 bits per heavy atom. The second kappa shape index (κ2) is 7.62. The zero-order chi connectivity index (χ0) is 15.1. The summed E-state index contributed by atoms with van der Waals surface area (Å²) in [5.74, 6) is -0.833. The van der Waals surface area contributed by atoms with Gasteiger partial charge in [-0.3, -0.25) is 14.3 Å². The third kappa shape index (κ3) is 4.99. The highest BCUT2D eigenvalue weighted by atomic mass is 16.7. The van der Waals surface area contributed by atoms with E-state index >= 15 is 0 Å². The number of hydroxylamine groups is 2. The van der Waals surface area contributed by atoms with Gasteiger partial charge in [0.05, 0.1) is 0 Å². The molecule has 5 nitrogen and oxygen atoms in total. The molecule has 0 aliphatic carbocycles. The smallest absolute Gasteiger partial charge is 0.422 e. The minimum atomic E-state index is -1.30. The van der Waals surface area contributed by atoms with Gasteiger partial charge in [-0.2, -0.15) is 5.06 Å². The molecule has 0 unspecified atom stereocenters. The Hall–Kier alpha value is -1.92. The van der Waals surface area contributed by atoms with Crippen LogP contribution in [0.25, 0.3) is 0 Å². The molecular weight excluding hydrogens is 257 g/mol. The number of benzene rings is 1. The van der Waals surface area contributed by atoms with Gasteiger partial charge in [-0.05, 0) is 19.3 Å². The fourth-order valence-corrected chi connectivity index (χ4v) is 1.45. The lowest BCUT2D eigenvalue weighted by atomic mass is 9.80. The zero-order valence-corrected chi connectivity index (χ0v) is 11.7. The molecule has 1 aromatic rings. The average Bonchev–Trinajstić information content (AvgIpc) is 2.71. The molecule has 1 aliphatic heterocycles. The summed E-state index contributed by atoms with van der Waals surface area (Å²) in [6.45, 7) is 7.50. The number of hydrogen-bond acceptors (Lipinski definition) is 4. The van der Waals surface area contributed by atoms with Gasteiger partial charge in [0.1, 0.15) is 0 Å². The van der Waals surface area contributed by atoms with Gasteiger partial charge >= 0.3 is 7.12 Å². The summed E-state index contributed by atoms with van der Waals surface area (Å²) in [4.78, 5) is 22.4. The fourth-order valence-electron chi connectivity index (χ4n) is 1.45. The molecule has 1 fully saturated rings. The quantitative estimate of drug-likeness (QED) is 0.508. The number of allylic oxidation sites excluding steroid dienone is 1. The van der Waals surface area contributed by atoms with Crippen LogP contribution in [0.3, 0.4) is 0 Å². The summed E-state index contributed by atoms with van der Waals surface area (Å²) < 4.78 is 4.91. The van der Waals surface area contributed by atoms with Crippen molar-refractivity contribution < 1.29 is 19.4 Å². The summed E-state index contributed by atoms with van der Waals surface area (Å²) in [5.41, 5.74) is 1.66. The summed E-state index contributed by atoms with van der Waals surface area (Å²) in [6.07, 6.45) is 0.278. The van der Waals surface area contributed by atoms with Crippen LogP contribution in [0.5, 0.6) is 0 Å². The van der Waals surface area contributed by atoms with E-state index in [1.807, 2.05) is 13.8 Å². The Bertz CT molecular complexity index is 469. The second-order valence-corrected chi connectivity index (χ2v) is 4.66. The van der Waals surface area contributed by atoms with E-state index in [2.05, 4.69) is 6.58 Å². The zero-order valence-electron chi connectivity index (χ0n) is 11.7. The molecule has 0 bridgehead atoms. The number of imide groups is 1. The number of hydrogen-bond donors (Lipinski definition) is 1. The van der Waals surface area contributed by atoms with E-state index in [0.717, 1.165) is 0 Å². The average molecular weight is 275 g/mol. The van der Waals surface area contributed by atoms with Crippen LogP contribution < -0.4 is 5.46 Å². The summed E-state index contributed by atoms with van der Waals surface area (Å²) in [5, 5.41) is 10.3. The van der Waals surface area contributed by atoms with Crippen molar-refractivity contribution in [2.75, 3.05) is 0 Å². The van der Waals surface area contributed by atoms with Crippen molar-refractivity contribution in [2.24, 2.45) is 0 Å². The minimum absolute atomic E-state index is 0.139. The monoisotopic (exact) mass is 275 g/mol. The Balaban J connectivity index is 0.000000444. The van der Waals surface area contributed by atoms with Gasteiger partial charge in [0.15, 0.2) is 0 Å². The maximum absolute atomic E-state index is 11.2. The highest BCUT2D eigenvalue weighted by molar-refractivity contribution is 6.60. The van der Waals surface area contributed by atoms with E-state index < -0.39 is 18.9 Å². The molecule has 0 saturated carbocycles. The van der Waals surface area contributed by atoms with Crippen molar-refractivity contribution in [3.05, 3.63) is 42.5 Å². The largest absolute Gasteiger partial charge is 0.515 e. The molecule has 106 valence electrons. The van der Waals surface area contributed by atoms with Crippen molar-refractivity contribution in [3.8, 4) is 0 Å². The number of carbonyl (C=O) groups excluding carboxylic acids is 2. The lowest BCUT2D eigenvalue weighted by Gasteiger charge is -2.15. The predicted octanol–water partition coefficient (Wildman–Crippen LogP) is 1.04. The number of carbonyl (C=O) groups is 2. The Morgan fingerprint density at radius 2 is 1.65 bits per heavy atom. The topological polar surface area (TPSA) is 66.8 Å². The minimum Gasteiger partial charge on any atom is -0.422 e. The third-order valence-corrected chi connectivity index (χ3v) is 2.30. The standard InChI is InChI=1S/C10H10BNO4.C4H8/c13-9-6-7-10(14)12(9)16-11(15)8-4-2-1-3-5-8;1-4(2)3/h1-5,15H,6-7H2;1H2,2-3H3. The second-order valence-electron chi connectivity index (χ2n) is 4.66. The fraction of sp³-hybridized carbons (Fsp3) is 0.286. The van der Waals surface area contributed by atoms with Crippen molar-refractivity contribution >= 4 is 24.4 Å².